The second-order valence-corrected chi connectivity index (χ2v) is 7.03. The summed E-state index contributed by atoms with van der Waals surface area (Å²) in [5.41, 5.74) is 1.74. The number of benzene rings is 1. The van der Waals surface area contributed by atoms with Gasteiger partial charge in [0.25, 0.3) is 5.91 Å². The molecule has 27 heavy (non-hydrogen) atoms. The van der Waals surface area contributed by atoms with Gasteiger partial charge in [-0.1, -0.05) is 13.0 Å². The summed E-state index contributed by atoms with van der Waals surface area (Å²) in [5, 5.41) is 12.2. The smallest absolute Gasteiger partial charge is 0.341 e. The van der Waals surface area contributed by atoms with Crippen molar-refractivity contribution in [1.29, 1.82) is 5.26 Å². The SMILES string of the molecule is CCOC(=O)c1c(NC(=O)C(C)Oc2cccc(C#N)c2)sc(C)c1CC. The third-order valence-corrected chi connectivity index (χ3v) is 4.99. The topological polar surface area (TPSA) is 88.4 Å². The first-order chi connectivity index (χ1) is 12.9. The number of nitriles is 1. The predicted molar refractivity (Wildman–Crippen MR) is 104 cm³/mol. The van der Waals surface area contributed by atoms with Gasteiger partial charge in [0.2, 0.25) is 0 Å². The maximum Gasteiger partial charge on any atom is 0.341 e. The van der Waals surface area contributed by atoms with E-state index in [4.69, 9.17) is 14.7 Å². The zero-order valence-corrected chi connectivity index (χ0v) is 16.6. The lowest BCUT2D eigenvalue weighted by Crippen LogP contribution is -2.30. The average Bonchev–Trinajstić information content (AvgIpc) is 2.96. The molecule has 0 spiro atoms. The number of amides is 1. The van der Waals surface area contributed by atoms with Crippen LogP contribution in [-0.2, 0) is 16.0 Å². The van der Waals surface area contributed by atoms with Gasteiger partial charge in [0.05, 0.1) is 23.8 Å². The summed E-state index contributed by atoms with van der Waals surface area (Å²) in [6.45, 7) is 7.48. The van der Waals surface area contributed by atoms with Crippen molar-refractivity contribution in [1.82, 2.24) is 0 Å². The molecule has 0 saturated carbocycles. The van der Waals surface area contributed by atoms with E-state index in [1.807, 2.05) is 19.9 Å². The first-order valence-corrected chi connectivity index (χ1v) is 9.49. The Bertz CT molecular complexity index is 883. The van der Waals surface area contributed by atoms with Crippen LogP contribution in [0.5, 0.6) is 5.75 Å². The van der Waals surface area contributed by atoms with E-state index in [1.165, 1.54) is 11.3 Å². The molecule has 1 aromatic heterocycles. The van der Waals surface area contributed by atoms with Gasteiger partial charge in [-0.2, -0.15) is 5.26 Å². The van der Waals surface area contributed by atoms with Crippen molar-refractivity contribution >= 4 is 28.2 Å². The van der Waals surface area contributed by atoms with Gasteiger partial charge in [0.15, 0.2) is 6.10 Å². The van der Waals surface area contributed by atoms with Crippen LogP contribution in [0.15, 0.2) is 24.3 Å². The predicted octanol–water partition coefficient (Wildman–Crippen LogP) is 4.07. The van der Waals surface area contributed by atoms with Crippen LogP contribution >= 0.6 is 11.3 Å². The van der Waals surface area contributed by atoms with Gasteiger partial charge in [0.1, 0.15) is 10.8 Å². The number of carbonyl (C=O) groups is 2. The van der Waals surface area contributed by atoms with E-state index in [0.29, 0.717) is 28.3 Å². The van der Waals surface area contributed by atoms with Crippen molar-refractivity contribution in [3.63, 3.8) is 0 Å². The molecule has 0 aliphatic rings. The zero-order valence-electron chi connectivity index (χ0n) is 15.8. The number of nitrogens with zero attached hydrogens (tertiary/aromatic N) is 1. The fraction of sp³-hybridized carbons (Fsp3) is 0.350. The third-order valence-electron chi connectivity index (χ3n) is 3.92. The fourth-order valence-corrected chi connectivity index (χ4v) is 3.76. The van der Waals surface area contributed by atoms with Gasteiger partial charge in [0, 0.05) is 4.88 Å². The highest BCUT2D eigenvalue weighted by Crippen LogP contribution is 2.34. The number of rotatable bonds is 7. The van der Waals surface area contributed by atoms with E-state index in [2.05, 4.69) is 5.32 Å². The van der Waals surface area contributed by atoms with Crippen molar-refractivity contribution in [2.24, 2.45) is 0 Å². The second-order valence-electron chi connectivity index (χ2n) is 5.80. The summed E-state index contributed by atoms with van der Waals surface area (Å²) >= 11 is 1.35. The first kappa shape index (κ1) is 20.5. The average molecular weight is 386 g/mol. The monoisotopic (exact) mass is 386 g/mol. The summed E-state index contributed by atoms with van der Waals surface area (Å²) < 4.78 is 10.8. The highest BCUT2D eigenvalue weighted by atomic mass is 32.1. The number of thiophene rings is 1. The molecule has 0 aliphatic heterocycles. The van der Waals surface area contributed by atoms with E-state index in [0.717, 1.165) is 10.4 Å². The molecule has 1 heterocycles. The highest BCUT2D eigenvalue weighted by molar-refractivity contribution is 7.16. The number of anilines is 1. The molecular formula is C20H22N2O4S. The Morgan fingerprint density at radius 1 is 1.33 bits per heavy atom. The summed E-state index contributed by atoms with van der Waals surface area (Å²) in [6.07, 6.45) is -0.138. The Kier molecular flexibility index (Phi) is 6.97. The van der Waals surface area contributed by atoms with Gasteiger partial charge in [-0.05, 0) is 51.0 Å². The van der Waals surface area contributed by atoms with Crippen LogP contribution in [0.1, 0.15) is 47.1 Å². The van der Waals surface area contributed by atoms with E-state index in [9.17, 15) is 9.59 Å². The molecule has 0 saturated heterocycles. The normalized spacial score (nSPS) is 11.4. The maximum atomic E-state index is 12.6. The molecule has 142 valence electrons. The Balaban J connectivity index is 2.19. The maximum absolute atomic E-state index is 12.6. The molecule has 2 aromatic rings. The van der Waals surface area contributed by atoms with Crippen molar-refractivity contribution in [3.05, 3.63) is 45.8 Å². The van der Waals surface area contributed by atoms with Crippen molar-refractivity contribution in [2.45, 2.75) is 40.2 Å². The van der Waals surface area contributed by atoms with E-state index >= 15 is 0 Å². The summed E-state index contributed by atoms with van der Waals surface area (Å²) in [4.78, 5) is 25.9. The molecule has 2 rings (SSSR count). The molecule has 0 fully saturated rings. The molecule has 6 nitrogen and oxygen atoms in total. The number of esters is 1. The molecule has 0 bridgehead atoms. The van der Waals surface area contributed by atoms with Crippen LogP contribution in [0.25, 0.3) is 0 Å². The Hall–Kier alpha value is -2.85. The minimum Gasteiger partial charge on any atom is -0.481 e. The van der Waals surface area contributed by atoms with Crippen LogP contribution in [-0.4, -0.2) is 24.6 Å². The minimum absolute atomic E-state index is 0.263. The Morgan fingerprint density at radius 3 is 2.70 bits per heavy atom. The van der Waals surface area contributed by atoms with Crippen LogP contribution in [0, 0.1) is 18.3 Å². The van der Waals surface area contributed by atoms with E-state index in [1.54, 1.807) is 38.1 Å². The molecule has 1 unspecified atom stereocenters. The highest BCUT2D eigenvalue weighted by Gasteiger charge is 2.25. The number of hydrogen-bond donors (Lipinski definition) is 1. The standard InChI is InChI=1S/C20H22N2O4S/c1-5-16-13(4)27-19(17(16)20(24)25-6-2)22-18(23)12(3)26-15-9-7-8-14(10-15)11-21/h7-10,12H,5-6H2,1-4H3,(H,22,23). The number of carbonyl (C=O) groups excluding carboxylic acids is 2. The van der Waals surface area contributed by atoms with E-state index in [-0.39, 0.29) is 12.5 Å². The first-order valence-electron chi connectivity index (χ1n) is 8.68. The van der Waals surface area contributed by atoms with E-state index < -0.39 is 12.1 Å². The summed E-state index contributed by atoms with van der Waals surface area (Å²) in [7, 11) is 0. The van der Waals surface area contributed by atoms with Crippen LogP contribution < -0.4 is 10.1 Å². The largest absolute Gasteiger partial charge is 0.481 e. The number of aryl methyl sites for hydroxylation is 1. The third kappa shape index (κ3) is 4.86. The van der Waals surface area contributed by atoms with Gasteiger partial charge in [-0.25, -0.2) is 4.79 Å². The van der Waals surface area contributed by atoms with Gasteiger partial charge in [-0.15, -0.1) is 11.3 Å². The molecule has 1 N–H and O–H groups in total. The molecule has 1 amide bonds. The lowest BCUT2D eigenvalue weighted by atomic mass is 10.1. The van der Waals surface area contributed by atoms with Gasteiger partial charge < -0.3 is 14.8 Å². The summed E-state index contributed by atoms with van der Waals surface area (Å²) in [6, 6.07) is 8.62. The fourth-order valence-electron chi connectivity index (χ4n) is 2.62. The lowest BCUT2D eigenvalue weighted by Gasteiger charge is -2.15. The van der Waals surface area contributed by atoms with Crippen molar-refractivity contribution in [3.8, 4) is 11.8 Å². The molecular weight excluding hydrogens is 364 g/mol. The van der Waals surface area contributed by atoms with Gasteiger partial charge in [-0.3, -0.25) is 4.79 Å². The zero-order chi connectivity index (χ0) is 20.0. The second kappa shape index (κ2) is 9.19. The number of ether oxygens (including phenoxy) is 2. The Morgan fingerprint density at radius 2 is 2.07 bits per heavy atom. The molecule has 0 aliphatic carbocycles. The molecule has 1 aromatic carbocycles. The summed E-state index contributed by atoms with van der Waals surface area (Å²) in [5.74, 6) is -0.393. The van der Waals surface area contributed by atoms with Crippen molar-refractivity contribution < 1.29 is 19.1 Å². The number of nitrogens with one attached hydrogen (secondary N) is 1. The minimum atomic E-state index is -0.804. The molecule has 1 atom stereocenters. The number of hydrogen-bond acceptors (Lipinski definition) is 6. The lowest BCUT2D eigenvalue weighted by molar-refractivity contribution is -0.122. The molecule has 0 radical (unpaired) electrons. The van der Waals surface area contributed by atoms with Crippen molar-refractivity contribution in [2.75, 3.05) is 11.9 Å². The van der Waals surface area contributed by atoms with Gasteiger partial charge >= 0.3 is 5.97 Å². The quantitative estimate of drug-likeness (QED) is 0.725. The Labute approximate surface area is 162 Å². The van der Waals surface area contributed by atoms with Crippen LogP contribution in [0.3, 0.4) is 0 Å². The molecule has 7 heteroatoms. The van der Waals surface area contributed by atoms with Crippen LogP contribution in [0.2, 0.25) is 0 Å². The van der Waals surface area contributed by atoms with Crippen LogP contribution in [0.4, 0.5) is 5.00 Å².